The molecule has 0 fully saturated rings. The summed E-state index contributed by atoms with van der Waals surface area (Å²) >= 11 is 0. The molecule has 0 heterocycles. The topological polar surface area (TPSA) is 39.0 Å². The van der Waals surface area contributed by atoms with E-state index < -0.39 is 35.8 Å². The van der Waals surface area contributed by atoms with Crippen LogP contribution in [0.15, 0.2) is 0 Å². The van der Waals surface area contributed by atoms with Crippen LogP contribution in [0.4, 0.5) is 0 Å². The molecular formula is C16H47N5Si4. The minimum absolute atomic E-state index is 0.381. The van der Waals surface area contributed by atoms with Gasteiger partial charge in [-0.1, -0.05) is 26.2 Å². The van der Waals surface area contributed by atoms with Crippen LogP contribution in [-0.2, 0) is 0 Å². The zero-order valence-electron chi connectivity index (χ0n) is 19.2. The highest BCUT2D eigenvalue weighted by Gasteiger charge is 2.48. The molecule has 0 amide bonds. The van der Waals surface area contributed by atoms with Gasteiger partial charge in [-0.2, -0.15) is 0 Å². The zero-order valence-corrected chi connectivity index (χ0v) is 23.8. The first-order chi connectivity index (χ1) is 11.3. The van der Waals surface area contributed by atoms with Crippen LogP contribution in [0.25, 0.3) is 0 Å². The Labute approximate surface area is 165 Å². The van der Waals surface area contributed by atoms with Crippen LogP contribution in [0.2, 0.25) is 36.0 Å². The van der Waals surface area contributed by atoms with Gasteiger partial charge in [-0.05, 0) is 79.2 Å². The fourth-order valence-electron chi connectivity index (χ4n) is 4.09. The Bertz CT molecular complexity index is 354. The van der Waals surface area contributed by atoms with Gasteiger partial charge in [0.15, 0.2) is 0 Å². The van der Waals surface area contributed by atoms with Crippen molar-refractivity contribution in [1.29, 1.82) is 0 Å². The van der Waals surface area contributed by atoms with Gasteiger partial charge in [0.25, 0.3) is 0 Å². The standard InChI is InChI=1S/C16H47N5Si4/c1-18(2)22(9)15(23(10)19(3)4)13-16(14-17,24(11)20(5)6)25(12)21(7)8/h15,22-25H,13-14,17H2,1-12H3. The van der Waals surface area contributed by atoms with Gasteiger partial charge in [-0.25, -0.2) is 0 Å². The second-order valence-corrected chi connectivity index (χ2v) is 24.2. The SMILES string of the molecule is CN(C)[SiH](C)C(CC(CN)([SiH](C)N(C)C)[SiH](C)N(C)C)[SiH](C)N(C)C. The van der Waals surface area contributed by atoms with Gasteiger partial charge >= 0.3 is 0 Å². The molecule has 0 spiro atoms. The second kappa shape index (κ2) is 10.9. The van der Waals surface area contributed by atoms with Gasteiger partial charge in [0.2, 0.25) is 0 Å². The first-order valence-corrected chi connectivity index (χ1v) is 18.9. The Hall–Kier alpha value is 0.668. The fourth-order valence-corrected chi connectivity index (χ4v) is 22.1. The molecular weight excluding hydrogens is 375 g/mol. The average Bonchev–Trinajstić information content (AvgIpc) is 2.53. The molecule has 0 rings (SSSR count). The van der Waals surface area contributed by atoms with E-state index in [2.05, 4.69) is 101 Å². The van der Waals surface area contributed by atoms with Crippen molar-refractivity contribution in [3.05, 3.63) is 0 Å². The molecule has 0 aliphatic carbocycles. The minimum Gasteiger partial charge on any atom is -0.332 e. The molecule has 0 aromatic heterocycles. The van der Waals surface area contributed by atoms with Crippen molar-refractivity contribution in [3.63, 3.8) is 0 Å². The smallest absolute Gasteiger partial charge is 0.113 e. The number of nitrogens with two attached hydrogens (primary N) is 1. The van der Waals surface area contributed by atoms with E-state index in [-0.39, 0.29) is 0 Å². The van der Waals surface area contributed by atoms with Gasteiger partial charge in [0.1, 0.15) is 35.8 Å². The van der Waals surface area contributed by atoms with E-state index >= 15 is 0 Å². The molecule has 4 atom stereocenters. The number of hydrogen-bond acceptors (Lipinski definition) is 5. The Kier molecular flexibility index (Phi) is 11.2. The summed E-state index contributed by atoms with van der Waals surface area (Å²) in [4.78, 5) is 0. The lowest BCUT2D eigenvalue weighted by Gasteiger charge is -2.50. The minimum atomic E-state index is -1.11. The molecule has 9 heteroatoms. The third-order valence-corrected chi connectivity index (χ3v) is 26.9. The fraction of sp³-hybridized carbons (Fsp3) is 1.00. The molecule has 25 heavy (non-hydrogen) atoms. The molecule has 0 saturated heterocycles. The summed E-state index contributed by atoms with van der Waals surface area (Å²) in [5.74, 6) is 0. The van der Waals surface area contributed by atoms with Crippen molar-refractivity contribution in [3.8, 4) is 0 Å². The van der Waals surface area contributed by atoms with Crippen LogP contribution in [-0.4, -0.2) is 117 Å². The van der Waals surface area contributed by atoms with Crippen LogP contribution < -0.4 is 5.73 Å². The van der Waals surface area contributed by atoms with E-state index in [4.69, 9.17) is 5.73 Å². The van der Waals surface area contributed by atoms with E-state index in [1.807, 2.05) is 0 Å². The summed E-state index contributed by atoms with van der Waals surface area (Å²) in [6.07, 6.45) is 1.36. The van der Waals surface area contributed by atoms with Crippen molar-refractivity contribution < 1.29 is 0 Å². The molecule has 5 nitrogen and oxygen atoms in total. The predicted octanol–water partition coefficient (Wildman–Crippen LogP) is 0.185. The largest absolute Gasteiger partial charge is 0.332 e. The molecule has 0 aromatic carbocycles. The highest BCUT2D eigenvalue weighted by molar-refractivity contribution is 6.81. The average molecular weight is 422 g/mol. The maximum absolute atomic E-state index is 6.61. The highest BCUT2D eigenvalue weighted by Crippen LogP contribution is 2.44. The lowest BCUT2D eigenvalue weighted by atomic mass is 10.3. The van der Waals surface area contributed by atoms with E-state index in [1.165, 1.54) is 6.42 Å². The summed E-state index contributed by atoms with van der Waals surface area (Å²) in [7, 11) is 14.2. The quantitative estimate of drug-likeness (QED) is 0.482. The van der Waals surface area contributed by atoms with Gasteiger partial charge in [0, 0.05) is 0 Å². The summed E-state index contributed by atoms with van der Waals surface area (Å²) in [6, 6.07) is 0. The summed E-state index contributed by atoms with van der Waals surface area (Å²) in [5, 5.41) is 0.887. The molecule has 0 radical (unpaired) electrons. The van der Waals surface area contributed by atoms with Crippen molar-refractivity contribution >= 4 is 35.8 Å². The lowest BCUT2D eigenvalue weighted by Crippen LogP contribution is -2.60. The van der Waals surface area contributed by atoms with Gasteiger partial charge in [-0.3, -0.25) is 0 Å². The third kappa shape index (κ3) is 6.35. The van der Waals surface area contributed by atoms with Gasteiger partial charge < -0.3 is 24.0 Å². The molecule has 152 valence electrons. The van der Waals surface area contributed by atoms with E-state index in [1.54, 1.807) is 0 Å². The first-order valence-electron chi connectivity index (χ1n) is 9.69. The van der Waals surface area contributed by atoms with E-state index in [0.717, 1.165) is 11.7 Å². The number of hydrogen-bond donors (Lipinski definition) is 1. The first kappa shape index (κ1) is 25.7. The zero-order chi connectivity index (χ0) is 20.1. The Morgan fingerprint density at radius 3 is 1.20 bits per heavy atom. The van der Waals surface area contributed by atoms with Crippen LogP contribution in [0.1, 0.15) is 6.42 Å². The van der Waals surface area contributed by atoms with E-state index in [9.17, 15) is 0 Å². The van der Waals surface area contributed by atoms with E-state index in [0.29, 0.717) is 4.66 Å². The maximum atomic E-state index is 6.61. The Morgan fingerprint density at radius 1 is 0.680 bits per heavy atom. The molecule has 2 N–H and O–H groups in total. The van der Waals surface area contributed by atoms with Gasteiger partial charge in [-0.15, -0.1) is 0 Å². The van der Waals surface area contributed by atoms with Gasteiger partial charge in [0.05, 0.1) is 0 Å². The predicted molar refractivity (Wildman–Crippen MR) is 127 cm³/mol. The van der Waals surface area contributed by atoms with Crippen LogP contribution in [0.3, 0.4) is 0 Å². The van der Waals surface area contributed by atoms with Crippen molar-refractivity contribution in [1.82, 2.24) is 18.3 Å². The Morgan fingerprint density at radius 2 is 1.00 bits per heavy atom. The normalized spacial score (nSPS) is 21.5. The van der Waals surface area contributed by atoms with Crippen LogP contribution in [0.5, 0.6) is 0 Å². The molecule has 0 aliphatic heterocycles. The maximum Gasteiger partial charge on any atom is 0.113 e. The summed E-state index contributed by atoms with van der Waals surface area (Å²) in [6.45, 7) is 11.1. The molecule has 0 bridgehead atoms. The van der Waals surface area contributed by atoms with Crippen LogP contribution >= 0.6 is 0 Å². The lowest BCUT2D eigenvalue weighted by molar-refractivity contribution is 0.511. The summed E-state index contributed by atoms with van der Waals surface area (Å²) in [5.41, 5.74) is 6.61. The monoisotopic (exact) mass is 421 g/mol. The second-order valence-electron chi connectivity index (χ2n) is 8.99. The van der Waals surface area contributed by atoms with Crippen molar-refractivity contribution in [2.24, 2.45) is 5.73 Å². The van der Waals surface area contributed by atoms with Crippen LogP contribution in [0, 0.1) is 0 Å². The molecule has 0 saturated carbocycles. The summed E-state index contributed by atoms with van der Waals surface area (Å²) < 4.78 is 10.6. The third-order valence-electron chi connectivity index (χ3n) is 7.08. The molecule has 4 unspecified atom stereocenters. The molecule has 0 aromatic rings. The van der Waals surface area contributed by atoms with Crippen molar-refractivity contribution in [2.75, 3.05) is 62.9 Å². The Balaban J connectivity index is 6.05. The molecule has 0 aliphatic rings. The highest BCUT2D eigenvalue weighted by atomic mass is 28.3. The number of rotatable bonds is 11. The number of nitrogens with zero attached hydrogens (tertiary/aromatic N) is 4. The van der Waals surface area contributed by atoms with Crippen molar-refractivity contribution in [2.45, 2.75) is 42.4 Å².